The van der Waals surface area contributed by atoms with Crippen molar-refractivity contribution < 1.29 is 0 Å². The van der Waals surface area contributed by atoms with Gasteiger partial charge < -0.3 is 4.57 Å². The molecular weight excluding hydrogens is 246 g/mol. The lowest BCUT2D eigenvalue weighted by molar-refractivity contribution is 0.769. The number of hydrogen-bond donors (Lipinski definition) is 0. The summed E-state index contributed by atoms with van der Waals surface area (Å²) >= 11 is 0. The van der Waals surface area contributed by atoms with Crippen LogP contribution in [0, 0.1) is 18.3 Å². The molecule has 3 aromatic rings. The zero-order chi connectivity index (χ0) is 13.9. The Bertz CT molecular complexity index is 793. The van der Waals surface area contributed by atoms with Gasteiger partial charge in [0.15, 0.2) is 0 Å². The summed E-state index contributed by atoms with van der Waals surface area (Å²) in [5.74, 6) is 0.829. The summed E-state index contributed by atoms with van der Waals surface area (Å²) in [7, 11) is 0. The summed E-state index contributed by atoms with van der Waals surface area (Å²) in [5.41, 5.74) is 4.51. The maximum absolute atomic E-state index is 8.98. The lowest BCUT2D eigenvalue weighted by Gasteiger charge is -2.08. The van der Waals surface area contributed by atoms with Crippen molar-refractivity contribution in [1.29, 1.82) is 5.26 Å². The van der Waals surface area contributed by atoms with Crippen LogP contribution in [0.25, 0.3) is 11.0 Å². The van der Waals surface area contributed by atoms with Crippen LogP contribution in [-0.2, 0) is 13.0 Å². The molecule has 0 aliphatic heterocycles. The first-order valence-electron chi connectivity index (χ1n) is 6.64. The molecule has 0 radical (unpaired) electrons. The summed E-state index contributed by atoms with van der Waals surface area (Å²) in [4.78, 5) is 4.56. The average molecular weight is 261 g/mol. The van der Waals surface area contributed by atoms with Crippen LogP contribution >= 0.6 is 0 Å². The highest BCUT2D eigenvalue weighted by Gasteiger charge is 2.10. The number of rotatable bonds is 3. The number of imidazole rings is 1. The highest BCUT2D eigenvalue weighted by Crippen LogP contribution is 2.18. The van der Waals surface area contributed by atoms with Gasteiger partial charge in [0, 0.05) is 6.54 Å². The van der Waals surface area contributed by atoms with E-state index in [1.165, 1.54) is 11.1 Å². The Morgan fingerprint density at radius 3 is 2.80 bits per heavy atom. The summed E-state index contributed by atoms with van der Waals surface area (Å²) in [6.07, 6.45) is 0.334. The van der Waals surface area contributed by atoms with E-state index in [4.69, 9.17) is 5.26 Å². The highest BCUT2D eigenvalue weighted by molar-refractivity contribution is 5.76. The molecule has 3 rings (SSSR count). The van der Waals surface area contributed by atoms with Gasteiger partial charge in [0.05, 0.1) is 23.5 Å². The Hall–Kier alpha value is -2.60. The average Bonchev–Trinajstić information content (AvgIpc) is 2.78. The fourth-order valence-corrected chi connectivity index (χ4v) is 2.50. The van der Waals surface area contributed by atoms with Gasteiger partial charge in [0.2, 0.25) is 0 Å². The number of nitrogens with zero attached hydrogens (tertiary/aromatic N) is 3. The van der Waals surface area contributed by atoms with Crippen LogP contribution in [0.2, 0.25) is 0 Å². The molecule has 3 heteroatoms. The van der Waals surface area contributed by atoms with Gasteiger partial charge in [0.25, 0.3) is 0 Å². The Kier molecular flexibility index (Phi) is 3.22. The normalized spacial score (nSPS) is 10.6. The third-order valence-electron chi connectivity index (χ3n) is 3.39. The van der Waals surface area contributed by atoms with Crippen molar-refractivity contribution in [3.8, 4) is 6.07 Å². The maximum atomic E-state index is 8.98. The molecule has 3 nitrogen and oxygen atoms in total. The largest absolute Gasteiger partial charge is 0.323 e. The van der Waals surface area contributed by atoms with Crippen LogP contribution in [0.15, 0.2) is 48.5 Å². The monoisotopic (exact) mass is 261 g/mol. The summed E-state index contributed by atoms with van der Waals surface area (Å²) in [6.45, 7) is 2.84. The van der Waals surface area contributed by atoms with Gasteiger partial charge in [-0.1, -0.05) is 42.0 Å². The lowest BCUT2D eigenvalue weighted by atomic mass is 10.1. The third kappa shape index (κ3) is 2.28. The topological polar surface area (TPSA) is 41.6 Å². The number of aryl methyl sites for hydroxylation is 1. The van der Waals surface area contributed by atoms with Gasteiger partial charge in [-0.3, -0.25) is 0 Å². The molecule has 1 heterocycles. The van der Waals surface area contributed by atoms with Gasteiger partial charge in [-0.05, 0) is 24.6 Å². The molecule has 0 amide bonds. The first-order valence-corrected chi connectivity index (χ1v) is 6.64. The Balaban J connectivity index is 2.09. The van der Waals surface area contributed by atoms with Crippen LogP contribution in [-0.4, -0.2) is 9.55 Å². The van der Waals surface area contributed by atoms with E-state index in [0.29, 0.717) is 6.42 Å². The predicted molar refractivity (Wildman–Crippen MR) is 79.3 cm³/mol. The zero-order valence-corrected chi connectivity index (χ0v) is 11.4. The van der Waals surface area contributed by atoms with Crippen molar-refractivity contribution in [1.82, 2.24) is 9.55 Å². The molecule has 0 N–H and O–H groups in total. The molecule has 0 unspecified atom stereocenters. The SMILES string of the molecule is Cc1cccc(Cn2c(CC#N)nc3ccccc32)c1. The number of nitriles is 1. The minimum Gasteiger partial charge on any atom is -0.323 e. The van der Waals surface area contributed by atoms with Crippen LogP contribution in [0.3, 0.4) is 0 Å². The van der Waals surface area contributed by atoms with Crippen molar-refractivity contribution in [3.63, 3.8) is 0 Å². The Morgan fingerprint density at radius 2 is 2.00 bits per heavy atom. The van der Waals surface area contributed by atoms with E-state index in [2.05, 4.69) is 52.9 Å². The quantitative estimate of drug-likeness (QED) is 0.724. The van der Waals surface area contributed by atoms with Crippen LogP contribution in [0.4, 0.5) is 0 Å². The Morgan fingerprint density at radius 1 is 1.15 bits per heavy atom. The van der Waals surface area contributed by atoms with Crippen LogP contribution in [0.5, 0.6) is 0 Å². The molecule has 0 saturated heterocycles. The van der Waals surface area contributed by atoms with Crippen molar-refractivity contribution >= 4 is 11.0 Å². The molecule has 0 fully saturated rings. The third-order valence-corrected chi connectivity index (χ3v) is 3.39. The summed E-state index contributed by atoms with van der Waals surface area (Å²) < 4.78 is 2.13. The van der Waals surface area contributed by atoms with Crippen molar-refractivity contribution in [3.05, 3.63) is 65.5 Å². The standard InChI is InChI=1S/C17H15N3/c1-13-5-4-6-14(11-13)12-20-16-8-3-2-7-15(16)19-17(20)9-10-18/h2-8,11H,9,12H2,1H3. The smallest absolute Gasteiger partial charge is 0.124 e. The Labute approximate surface area is 118 Å². The van der Waals surface area contributed by atoms with Gasteiger partial charge in [-0.25, -0.2) is 4.98 Å². The fraction of sp³-hybridized carbons (Fsp3) is 0.176. The molecule has 98 valence electrons. The van der Waals surface area contributed by atoms with E-state index in [0.717, 1.165) is 23.4 Å². The first kappa shape index (κ1) is 12.4. The van der Waals surface area contributed by atoms with E-state index >= 15 is 0 Å². The van der Waals surface area contributed by atoms with E-state index in [9.17, 15) is 0 Å². The van der Waals surface area contributed by atoms with Crippen LogP contribution in [0.1, 0.15) is 17.0 Å². The first-order chi connectivity index (χ1) is 9.78. The molecule has 0 atom stereocenters. The molecule has 0 aliphatic carbocycles. The molecule has 1 aromatic heterocycles. The summed E-state index contributed by atoms with van der Waals surface area (Å²) in [5, 5.41) is 8.98. The van der Waals surface area contributed by atoms with E-state index in [-0.39, 0.29) is 0 Å². The van der Waals surface area contributed by atoms with Gasteiger partial charge in [0.1, 0.15) is 5.82 Å². The lowest BCUT2D eigenvalue weighted by Crippen LogP contribution is -2.04. The minimum absolute atomic E-state index is 0.334. The van der Waals surface area contributed by atoms with Gasteiger partial charge in [-0.2, -0.15) is 5.26 Å². The number of para-hydroxylation sites is 2. The number of hydrogen-bond acceptors (Lipinski definition) is 2. The maximum Gasteiger partial charge on any atom is 0.124 e. The molecule has 0 bridgehead atoms. The molecule has 20 heavy (non-hydrogen) atoms. The minimum atomic E-state index is 0.334. The van der Waals surface area contributed by atoms with E-state index in [1.54, 1.807) is 0 Å². The van der Waals surface area contributed by atoms with Gasteiger partial charge >= 0.3 is 0 Å². The molecule has 0 saturated carbocycles. The number of benzene rings is 2. The van der Waals surface area contributed by atoms with E-state index in [1.807, 2.05) is 18.2 Å². The van der Waals surface area contributed by atoms with Gasteiger partial charge in [-0.15, -0.1) is 0 Å². The van der Waals surface area contributed by atoms with Crippen molar-refractivity contribution in [2.45, 2.75) is 19.9 Å². The zero-order valence-electron chi connectivity index (χ0n) is 11.4. The number of aromatic nitrogens is 2. The second-order valence-electron chi connectivity index (χ2n) is 4.93. The highest BCUT2D eigenvalue weighted by atomic mass is 15.1. The van der Waals surface area contributed by atoms with Crippen molar-refractivity contribution in [2.75, 3.05) is 0 Å². The fourth-order valence-electron chi connectivity index (χ4n) is 2.50. The van der Waals surface area contributed by atoms with E-state index < -0.39 is 0 Å². The van der Waals surface area contributed by atoms with Crippen LogP contribution < -0.4 is 0 Å². The molecule has 0 spiro atoms. The molecule has 0 aliphatic rings. The van der Waals surface area contributed by atoms with Crippen molar-refractivity contribution in [2.24, 2.45) is 0 Å². The molecular formula is C17H15N3. The molecule has 2 aromatic carbocycles. The second kappa shape index (κ2) is 5.18. The predicted octanol–water partition coefficient (Wildman–Crippen LogP) is 3.46. The second-order valence-corrected chi connectivity index (χ2v) is 4.93. The summed E-state index contributed by atoms with van der Waals surface area (Å²) in [6, 6.07) is 18.7. The number of fused-ring (bicyclic) bond motifs is 1.